The van der Waals surface area contributed by atoms with Crippen LogP contribution in [0.5, 0.6) is 0 Å². The summed E-state index contributed by atoms with van der Waals surface area (Å²) >= 11 is 0. The summed E-state index contributed by atoms with van der Waals surface area (Å²) in [6.07, 6.45) is 2.04. The fourth-order valence-electron chi connectivity index (χ4n) is 1.80. The maximum absolute atomic E-state index is 10.9. The van der Waals surface area contributed by atoms with Crippen molar-refractivity contribution in [3.63, 3.8) is 0 Å². The summed E-state index contributed by atoms with van der Waals surface area (Å²) in [7, 11) is 0. The van der Waals surface area contributed by atoms with E-state index in [9.17, 15) is 4.79 Å². The van der Waals surface area contributed by atoms with Gasteiger partial charge in [-0.3, -0.25) is 4.79 Å². The maximum atomic E-state index is 10.9. The maximum Gasteiger partial charge on any atom is 0.320 e. The largest absolute Gasteiger partial charge is 0.480 e. The van der Waals surface area contributed by atoms with Gasteiger partial charge in [0, 0.05) is 6.54 Å². The third-order valence-corrected chi connectivity index (χ3v) is 2.81. The van der Waals surface area contributed by atoms with Crippen molar-refractivity contribution in [1.29, 1.82) is 0 Å². The highest BCUT2D eigenvalue weighted by molar-refractivity contribution is 5.74. The Morgan fingerprint density at radius 1 is 1.47 bits per heavy atom. The minimum Gasteiger partial charge on any atom is -0.480 e. The van der Waals surface area contributed by atoms with Crippen molar-refractivity contribution >= 4 is 5.97 Å². The molecule has 0 aromatic rings. The molecule has 2 atom stereocenters. The number of nitrogens with one attached hydrogen (secondary N) is 1. The summed E-state index contributed by atoms with van der Waals surface area (Å²) in [6.45, 7) is 2.37. The van der Waals surface area contributed by atoms with E-state index in [2.05, 4.69) is 5.32 Å². The summed E-state index contributed by atoms with van der Waals surface area (Å²) in [5.41, 5.74) is 0. The van der Waals surface area contributed by atoms with E-state index in [0.717, 1.165) is 12.8 Å². The van der Waals surface area contributed by atoms with E-state index in [4.69, 9.17) is 14.6 Å². The fraction of sp³-hybridized carbons (Fsp3) is 0.900. The number of carboxylic acids is 1. The Morgan fingerprint density at radius 2 is 2.27 bits per heavy atom. The molecule has 0 amide bonds. The summed E-state index contributed by atoms with van der Waals surface area (Å²) in [4.78, 5) is 10.9. The Morgan fingerprint density at radius 3 is 2.80 bits per heavy atom. The first-order valence-electron chi connectivity index (χ1n) is 5.43. The summed E-state index contributed by atoms with van der Waals surface area (Å²) < 4.78 is 10.7. The number of aliphatic carboxylic acids is 1. The van der Waals surface area contributed by atoms with Gasteiger partial charge in [0.05, 0.1) is 25.9 Å². The molecule has 5 heteroatoms. The highest BCUT2D eigenvalue weighted by atomic mass is 16.6. The van der Waals surface area contributed by atoms with Gasteiger partial charge in [0.1, 0.15) is 6.04 Å². The molecule has 2 fully saturated rings. The molecule has 2 unspecified atom stereocenters. The van der Waals surface area contributed by atoms with Crippen molar-refractivity contribution in [1.82, 2.24) is 5.32 Å². The van der Waals surface area contributed by atoms with Gasteiger partial charge in [-0.2, -0.15) is 0 Å². The van der Waals surface area contributed by atoms with Crippen molar-refractivity contribution in [3.05, 3.63) is 0 Å². The van der Waals surface area contributed by atoms with E-state index in [-0.39, 0.29) is 6.10 Å². The van der Waals surface area contributed by atoms with Crippen LogP contribution in [-0.4, -0.2) is 49.6 Å². The van der Waals surface area contributed by atoms with Crippen molar-refractivity contribution in [2.45, 2.75) is 25.0 Å². The molecule has 2 rings (SSSR count). The zero-order chi connectivity index (χ0) is 10.7. The predicted molar refractivity (Wildman–Crippen MR) is 52.7 cm³/mol. The molecule has 1 aliphatic heterocycles. The van der Waals surface area contributed by atoms with Gasteiger partial charge in [-0.15, -0.1) is 0 Å². The van der Waals surface area contributed by atoms with Crippen LogP contribution in [0.1, 0.15) is 12.8 Å². The van der Waals surface area contributed by atoms with Crippen LogP contribution in [0.25, 0.3) is 0 Å². The monoisotopic (exact) mass is 215 g/mol. The van der Waals surface area contributed by atoms with Crippen molar-refractivity contribution in [2.24, 2.45) is 5.92 Å². The first-order valence-corrected chi connectivity index (χ1v) is 5.43. The molecule has 0 aromatic carbocycles. The summed E-state index contributed by atoms with van der Waals surface area (Å²) in [5.74, 6) is -0.443. The molecule has 1 saturated heterocycles. The lowest BCUT2D eigenvalue weighted by molar-refractivity contribution is -0.140. The van der Waals surface area contributed by atoms with E-state index < -0.39 is 12.0 Å². The van der Waals surface area contributed by atoms with Gasteiger partial charge < -0.3 is 19.9 Å². The third-order valence-electron chi connectivity index (χ3n) is 2.81. The number of rotatable bonds is 5. The number of hydrogen-bond donors (Lipinski definition) is 2. The number of hydrogen-bond acceptors (Lipinski definition) is 4. The van der Waals surface area contributed by atoms with Crippen LogP contribution in [0.2, 0.25) is 0 Å². The molecule has 0 radical (unpaired) electrons. The second-order valence-corrected chi connectivity index (χ2v) is 4.13. The van der Waals surface area contributed by atoms with E-state index in [1.54, 1.807) is 0 Å². The molecule has 0 aromatic heterocycles. The van der Waals surface area contributed by atoms with E-state index in [0.29, 0.717) is 32.3 Å². The topological polar surface area (TPSA) is 67.8 Å². The van der Waals surface area contributed by atoms with E-state index in [1.807, 2.05) is 0 Å². The van der Waals surface area contributed by atoms with Gasteiger partial charge in [-0.1, -0.05) is 0 Å². The predicted octanol–water partition coefficient (Wildman–Crippen LogP) is -0.145. The molecule has 0 bridgehead atoms. The molecule has 1 heterocycles. The third kappa shape index (κ3) is 3.15. The standard InChI is InChI=1S/C10H17NO4/c12-10(13)9(7-1-2-7)11-5-8-6-14-3-4-15-8/h7-9,11H,1-6H2,(H,12,13). The lowest BCUT2D eigenvalue weighted by atomic mass is 10.2. The summed E-state index contributed by atoms with van der Waals surface area (Å²) in [5, 5.41) is 12.0. The minimum atomic E-state index is -0.755. The smallest absolute Gasteiger partial charge is 0.320 e. The van der Waals surface area contributed by atoms with Crippen molar-refractivity contribution in [2.75, 3.05) is 26.4 Å². The molecule has 86 valence electrons. The van der Waals surface area contributed by atoms with Crippen LogP contribution < -0.4 is 5.32 Å². The van der Waals surface area contributed by atoms with Crippen LogP contribution >= 0.6 is 0 Å². The molecule has 0 spiro atoms. The van der Waals surface area contributed by atoms with E-state index in [1.165, 1.54) is 0 Å². The van der Waals surface area contributed by atoms with Crippen LogP contribution in [0, 0.1) is 5.92 Å². The molecule has 2 N–H and O–H groups in total. The van der Waals surface area contributed by atoms with Crippen molar-refractivity contribution < 1.29 is 19.4 Å². The lowest BCUT2D eigenvalue weighted by Crippen LogP contribution is -2.45. The van der Waals surface area contributed by atoms with Gasteiger partial charge in [0.15, 0.2) is 0 Å². The van der Waals surface area contributed by atoms with Crippen LogP contribution in [0.3, 0.4) is 0 Å². The van der Waals surface area contributed by atoms with Gasteiger partial charge in [0.2, 0.25) is 0 Å². The first kappa shape index (κ1) is 10.9. The van der Waals surface area contributed by atoms with E-state index >= 15 is 0 Å². The quantitative estimate of drug-likeness (QED) is 0.668. The molecule has 1 aliphatic carbocycles. The molecular formula is C10H17NO4. The van der Waals surface area contributed by atoms with Gasteiger partial charge in [-0.25, -0.2) is 0 Å². The van der Waals surface area contributed by atoms with Crippen molar-refractivity contribution in [3.8, 4) is 0 Å². The van der Waals surface area contributed by atoms with Gasteiger partial charge >= 0.3 is 5.97 Å². The Hall–Kier alpha value is -0.650. The first-order chi connectivity index (χ1) is 7.27. The number of carboxylic acid groups (broad SMARTS) is 1. The zero-order valence-electron chi connectivity index (χ0n) is 8.65. The fourth-order valence-corrected chi connectivity index (χ4v) is 1.80. The SMILES string of the molecule is O=C(O)C(NCC1COCCO1)C1CC1. The highest BCUT2D eigenvalue weighted by Gasteiger charge is 2.36. The molecule has 1 saturated carbocycles. The van der Waals surface area contributed by atoms with Crippen LogP contribution in [0.4, 0.5) is 0 Å². The second kappa shape index (κ2) is 4.92. The molecular weight excluding hydrogens is 198 g/mol. The molecule has 5 nitrogen and oxygen atoms in total. The Labute approximate surface area is 88.7 Å². The Bertz CT molecular complexity index is 223. The second-order valence-electron chi connectivity index (χ2n) is 4.13. The Kier molecular flexibility index (Phi) is 3.56. The summed E-state index contributed by atoms with van der Waals surface area (Å²) in [6, 6.07) is -0.407. The number of carbonyl (C=O) groups is 1. The number of ether oxygens (including phenoxy) is 2. The minimum absolute atomic E-state index is 0.000602. The highest BCUT2D eigenvalue weighted by Crippen LogP contribution is 2.32. The Balaban J connectivity index is 1.72. The normalized spacial score (nSPS) is 28.7. The molecule has 15 heavy (non-hydrogen) atoms. The average molecular weight is 215 g/mol. The van der Waals surface area contributed by atoms with Crippen LogP contribution in [-0.2, 0) is 14.3 Å². The van der Waals surface area contributed by atoms with Gasteiger partial charge in [0.25, 0.3) is 0 Å². The molecule has 2 aliphatic rings. The lowest BCUT2D eigenvalue weighted by Gasteiger charge is -2.24. The van der Waals surface area contributed by atoms with Crippen LogP contribution in [0.15, 0.2) is 0 Å². The zero-order valence-corrected chi connectivity index (χ0v) is 8.65. The van der Waals surface area contributed by atoms with Gasteiger partial charge in [-0.05, 0) is 18.8 Å². The average Bonchev–Trinajstić information content (AvgIpc) is 3.03.